The maximum atomic E-state index is 11.1. The smallest absolute Gasteiger partial charge is 0.236 e. The molecule has 82 valence electrons. The van der Waals surface area contributed by atoms with Crippen molar-refractivity contribution in [1.29, 1.82) is 0 Å². The molecule has 1 amide bonds. The van der Waals surface area contributed by atoms with Gasteiger partial charge in [0.25, 0.3) is 0 Å². The zero-order valence-corrected chi connectivity index (χ0v) is 8.81. The fourth-order valence-electron chi connectivity index (χ4n) is 1.62. The molecule has 0 aromatic carbocycles. The van der Waals surface area contributed by atoms with Crippen LogP contribution in [0, 0.1) is 0 Å². The van der Waals surface area contributed by atoms with Crippen LogP contribution in [0.2, 0.25) is 0 Å². The Hall–Kier alpha value is -1.36. The molecule has 0 saturated heterocycles. The summed E-state index contributed by atoms with van der Waals surface area (Å²) < 4.78 is 1.84. The number of hydrogen-bond donors (Lipinski definition) is 2. The highest BCUT2D eigenvalue weighted by Gasteiger charge is 2.26. The molecule has 15 heavy (non-hydrogen) atoms. The van der Waals surface area contributed by atoms with E-state index in [9.17, 15) is 4.79 Å². The van der Waals surface area contributed by atoms with Crippen LogP contribution in [-0.4, -0.2) is 15.7 Å². The molecule has 2 rings (SSSR count). The van der Waals surface area contributed by atoms with Crippen LogP contribution in [0.3, 0.4) is 0 Å². The van der Waals surface area contributed by atoms with E-state index in [0.717, 1.165) is 5.69 Å². The number of rotatable bonds is 4. The van der Waals surface area contributed by atoms with Crippen molar-refractivity contribution in [2.24, 2.45) is 5.84 Å². The number of nitrogens with one attached hydrogen (secondary N) is 1. The van der Waals surface area contributed by atoms with Crippen LogP contribution < -0.4 is 11.3 Å². The fraction of sp³-hybridized carbons (Fsp3) is 0.600. The summed E-state index contributed by atoms with van der Waals surface area (Å²) in [7, 11) is 0. The van der Waals surface area contributed by atoms with Crippen LogP contribution in [0.25, 0.3) is 0 Å². The second-order valence-electron chi connectivity index (χ2n) is 4.12. The third-order valence-electron chi connectivity index (χ3n) is 2.72. The van der Waals surface area contributed by atoms with Crippen molar-refractivity contribution in [3.05, 3.63) is 18.0 Å². The average molecular weight is 208 g/mol. The van der Waals surface area contributed by atoms with E-state index in [2.05, 4.69) is 10.5 Å². The maximum Gasteiger partial charge on any atom is 0.236 e. The topological polar surface area (TPSA) is 72.9 Å². The van der Waals surface area contributed by atoms with Crippen LogP contribution in [0.15, 0.2) is 12.3 Å². The Kier molecular flexibility index (Phi) is 2.73. The summed E-state index contributed by atoms with van der Waals surface area (Å²) in [6, 6.07) is 2.09. The Morgan fingerprint density at radius 3 is 3.13 bits per heavy atom. The Morgan fingerprint density at radius 1 is 1.80 bits per heavy atom. The molecular formula is C10H16N4O. The molecule has 5 nitrogen and oxygen atoms in total. The van der Waals surface area contributed by atoms with Gasteiger partial charge in [0.2, 0.25) is 5.91 Å². The van der Waals surface area contributed by atoms with Gasteiger partial charge in [0.15, 0.2) is 0 Å². The number of amides is 1. The van der Waals surface area contributed by atoms with Crippen molar-refractivity contribution in [3.63, 3.8) is 0 Å². The first kappa shape index (κ1) is 10.2. The van der Waals surface area contributed by atoms with Gasteiger partial charge in [-0.25, -0.2) is 5.84 Å². The van der Waals surface area contributed by atoms with Gasteiger partial charge in [0, 0.05) is 12.1 Å². The van der Waals surface area contributed by atoms with E-state index in [-0.39, 0.29) is 11.9 Å². The molecule has 0 radical (unpaired) electrons. The first-order valence-electron chi connectivity index (χ1n) is 5.25. The minimum Gasteiger partial charge on any atom is -0.294 e. The van der Waals surface area contributed by atoms with Crippen LogP contribution in [0.4, 0.5) is 0 Å². The van der Waals surface area contributed by atoms with Crippen molar-refractivity contribution < 1.29 is 4.79 Å². The minimum atomic E-state index is -0.161. The lowest BCUT2D eigenvalue weighted by Gasteiger charge is -2.10. The van der Waals surface area contributed by atoms with Crippen LogP contribution in [0.5, 0.6) is 0 Å². The molecule has 0 bridgehead atoms. The van der Waals surface area contributed by atoms with E-state index < -0.39 is 0 Å². The summed E-state index contributed by atoms with van der Waals surface area (Å²) in [6.07, 6.45) is 4.79. The molecule has 1 unspecified atom stereocenters. The second-order valence-corrected chi connectivity index (χ2v) is 4.12. The molecule has 1 atom stereocenters. The lowest BCUT2D eigenvalue weighted by atomic mass is 10.2. The zero-order valence-electron chi connectivity index (χ0n) is 8.81. The van der Waals surface area contributed by atoms with Gasteiger partial charge in [-0.2, -0.15) is 5.10 Å². The molecular weight excluding hydrogens is 192 g/mol. The normalized spacial score (nSPS) is 17.5. The van der Waals surface area contributed by atoms with Gasteiger partial charge < -0.3 is 0 Å². The van der Waals surface area contributed by atoms with Crippen LogP contribution >= 0.6 is 0 Å². The molecule has 1 aromatic rings. The predicted octanol–water partition coefficient (Wildman–Crippen LogP) is 0.701. The van der Waals surface area contributed by atoms with Crippen LogP contribution in [-0.2, 0) is 4.79 Å². The summed E-state index contributed by atoms with van der Waals surface area (Å²) in [6.45, 7) is 1.96. The quantitative estimate of drug-likeness (QED) is 0.434. The van der Waals surface area contributed by atoms with E-state index in [1.807, 2.05) is 23.9 Å². The van der Waals surface area contributed by atoms with Crippen LogP contribution in [0.1, 0.15) is 43.8 Å². The van der Waals surface area contributed by atoms with Crippen molar-refractivity contribution in [2.45, 2.75) is 38.1 Å². The standard InChI is InChI=1S/C10H16N4O/c1-7(6-10(15)12-11)14-5-4-9(13-14)8-2-3-8/h4-5,7-8H,2-3,6,11H2,1H3,(H,12,15). The maximum absolute atomic E-state index is 11.1. The van der Waals surface area contributed by atoms with Gasteiger partial charge in [0.05, 0.1) is 18.2 Å². The van der Waals surface area contributed by atoms with E-state index in [1.165, 1.54) is 12.8 Å². The summed E-state index contributed by atoms with van der Waals surface area (Å²) >= 11 is 0. The van der Waals surface area contributed by atoms with Gasteiger partial charge >= 0.3 is 0 Å². The number of aromatic nitrogens is 2. The Balaban J connectivity index is 1.98. The van der Waals surface area contributed by atoms with Gasteiger partial charge in [-0.1, -0.05) is 0 Å². The molecule has 1 fully saturated rings. The van der Waals surface area contributed by atoms with Crippen molar-refractivity contribution in [2.75, 3.05) is 0 Å². The molecule has 3 N–H and O–H groups in total. The highest BCUT2D eigenvalue weighted by atomic mass is 16.2. The number of carbonyl (C=O) groups excluding carboxylic acids is 1. The average Bonchev–Trinajstić information content (AvgIpc) is 2.96. The fourth-order valence-corrected chi connectivity index (χ4v) is 1.62. The summed E-state index contributed by atoms with van der Waals surface area (Å²) in [5.41, 5.74) is 3.28. The highest BCUT2D eigenvalue weighted by Crippen LogP contribution is 2.39. The number of nitrogens with two attached hydrogens (primary N) is 1. The summed E-state index contributed by atoms with van der Waals surface area (Å²) in [4.78, 5) is 11.1. The largest absolute Gasteiger partial charge is 0.294 e. The molecule has 1 heterocycles. The molecule has 1 aliphatic carbocycles. The zero-order chi connectivity index (χ0) is 10.8. The number of carbonyl (C=O) groups is 1. The van der Waals surface area contributed by atoms with Crippen molar-refractivity contribution in [1.82, 2.24) is 15.2 Å². The molecule has 5 heteroatoms. The van der Waals surface area contributed by atoms with E-state index in [0.29, 0.717) is 12.3 Å². The SMILES string of the molecule is CC(CC(=O)NN)n1ccc(C2CC2)n1. The monoisotopic (exact) mass is 208 g/mol. The number of hydrogen-bond acceptors (Lipinski definition) is 3. The van der Waals surface area contributed by atoms with Crippen molar-refractivity contribution in [3.8, 4) is 0 Å². The van der Waals surface area contributed by atoms with Gasteiger partial charge in [-0.3, -0.25) is 14.9 Å². The lowest BCUT2D eigenvalue weighted by molar-refractivity contribution is -0.121. The van der Waals surface area contributed by atoms with Gasteiger partial charge in [-0.15, -0.1) is 0 Å². The van der Waals surface area contributed by atoms with E-state index >= 15 is 0 Å². The molecule has 1 aromatic heterocycles. The highest BCUT2D eigenvalue weighted by molar-refractivity contribution is 5.75. The van der Waals surface area contributed by atoms with Crippen molar-refractivity contribution >= 4 is 5.91 Å². The van der Waals surface area contributed by atoms with E-state index in [4.69, 9.17) is 5.84 Å². The lowest BCUT2D eigenvalue weighted by Crippen LogP contribution is -2.31. The molecule has 0 aliphatic heterocycles. The van der Waals surface area contributed by atoms with Gasteiger partial charge in [-0.05, 0) is 25.8 Å². The second kappa shape index (κ2) is 4.02. The Labute approximate surface area is 88.6 Å². The summed E-state index contributed by atoms with van der Waals surface area (Å²) in [5, 5.41) is 4.46. The first-order chi connectivity index (χ1) is 7.20. The Bertz CT molecular complexity index is 356. The minimum absolute atomic E-state index is 0.0565. The number of nitrogens with zero attached hydrogens (tertiary/aromatic N) is 2. The predicted molar refractivity (Wildman–Crippen MR) is 55.9 cm³/mol. The summed E-state index contributed by atoms with van der Waals surface area (Å²) in [5.74, 6) is 5.53. The molecule has 0 spiro atoms. The van der Waals surface area contributed by atoms with Gasteiger partial charge in [0.1, 0.15) is 0 Å². The third-order valence-corrected chi connectivity index (χ3v) is 2.72. The first-order valence-corrected chi connectivity index (χ1v) is 5.25. The Morgan fingerprint density at radius 2 is 2.53 bits per heavy atom. The molecule has 1 aliphatic rings. The molecule has 1 saturated carbocycles. The third kappa shape index (κ3) is 2.36. The van der Waals surface area contributed by atoms with E-state index in [1.54, 1.807) is 0 Å². The number of hydrazine groups is 1.